The summed E-state index contributed by atoms with van der Waals surface area (Å²) in [6.07, 6.45) is 0.888. The van der Waals surface area contributed by atoms with Crippen molar-refractivity contribution in [3.8, 4) is 5.75 Å². The minimum Gasteiger partial charge on any atom is -0.508 e. The van der Waals surface area contributed by atoms with Gasteiger partial charge < -0.3 is 10.8 Å². The van der Waals surface area contributed by atoms with Crippen molar-refractivity contribution in [2.24, 2.45) is 5.73 Å². The minimum absolute atomic E-state index is 0.385. The van der Waals surface area contributed by atoms with Crippen molar-refractivity contribution in [2.75, 3.05) is 6.54 Å². The standard InChI is InChI=1S/C11H17NO/c1-7-6-11(13)9(3)8(2)10(7)4-5-12/h6,13H,4-5,12H2,1-3H3. The highest BCUT2D eigenvalue weighted by Crippen LogP contribution is 2.26. The van der Waals surface area contributed by atoms with Gasteiger partial charge in [0, 0.05) is 0 Å². The second kappa shape index (κ2) is 3.79. The average molecular weight is 179 g/mol. The first-order valence-electron chi connectivity index (χ1n) is 4.56. The highest BCUT2D eigenvalue weighted by molar-refractivity contribution is 5.47. The lowest BCUT2D eigenvalue weighted by Crippen LogP contribution is -2.06. The molecule has 3 N–H and O–H groups in total. The quantitative estimate of drug-likeness (QED) is 0.727. The van der Waals surface area contributed by atoms with Gasteiger partial charge in [-0.1, -0.05) is 0 Å². The van der Waals surface area contributed by atoms with Gasteiger partial charge in [0.1, 0.15) is 5.75 Å². The van der Waals surface area contributed by atoms with E-state index >= 15 is 0 Å². The maximum atomic E-state index is 9.54. The lowest BCUT2D eigenvalue weighted by molar-refractivity contribution is 0.469. The first-order chi connectivity index (χ1) is 6.07. The zero-order chi connectivity index (χ0) is 10.0. The Balaban J connectivity index is 3.26. The van der Waals surface area contributed by atoms with E-state index in [2.05, 4.69) is 0 Å². The summed E-state index contributed by atoms with van der Waals surface area (Å²) in [4.78, 5) is 0. The molecule has 1 aromatic carbocycles. The van der Waals surface area contributed by atoms with Gasteiger partial charge in [-0.05, 0) is 62.1 Å². The number of phenols is 1. The van der Waals surface area contributed by atoms with Crippen LogP contribution in [0, 0.1) is 20.8 Å². The second-order valence-corrected chi connectivity index (χ2v) is 3.48. The molecule has 0 unspecified atom stereocenters. The topological polar surface area (TPSA) is 46.2 Å². The molecular weight excluding hydrogens is 162 g/mol. The molecule has 0 atom stereocenters. The van der Waals surface area contributed by atoms with Crippen LogP contribution in [0.15, 0.2) is 6.07 Å². The number of aromatic hydroxyl groups is 1. The monoisotopic (exact) mass is 179 g/mol. The summed E-state index contributed by atoms with van der Waals surface area (Å²) < 4.78 is 0. The Hall–Kier alpha value is -1.02. The maximum Gasteiger partial charge on any atom is 0.119 e. The fraction of sp³-hybridized carbons (Fsp3) is 0.455. The predicted molar refractivity (Wildman–Crippen MR) is 55.1 cm³/mol. The van der Waals surface area contributed by atoms with Crippen molar-refractivity contribution >= 4 is 0 Å². The number of aryl methyl sites for hydroxylation is 1. The Kier molecular flexibility index (Phi) is 2.94. The summed E-state index contributed by atoms with van der Waals surface area (Å²) in [7, 11) is 0. The van der Waals surface area contributed by atoms with Gasteiger partial charge in [0.05, 0.1) is 0 Å². The van der Waals surface area contributed by atoms with Crippen molar-refractivity contribution in [3.05, 3.63) is 28.3 Å². The SMILES string of the molecule is Cc1cc(O)c(C)c(C)c1CCN. The van der Waals surface area contributed by atoms with Crippen LogP contribution in [0.1, 0.15) is 22.3 Å². The van der Waals surface area contributed by atoms with Gasteiger partial charge in [0.2, 0.25) is 0 Å². The number of hydrogen-bond donors (Lipinski definition) is 2. The van der Waals surface area contributed by atoms with Crippen molar-refractivity contribution in [3.63, 3.8) is 0 Å². The Morgan fingerprint density at radius 3 is 2.38 bits per heavy atom. The number of hydrogen-bond acceptors (Lipinski definition) is 2. The molecule has 0 spiro atoms. The highest BCUT2D eigenvalue weighted by Gasteiger charge is 2.08. The van der Waals surface area contributed by atoms with Crippen LogP contribution >= 0.6 is 0 Å². The maximum absolute atomic E-state index is 9.54. The number of nitrogens with two attached hydrogens (primary N) is 1. The minimum atomic E-state index is 0.385. The third kappa shape index (κ3) is 1.83. The molecule has 0 amide bonds. The van der Waals surface area contributed by atoms with E-state index in [4.69, 9.17) is 5.73 Å². The van der Waals surface area contributed by atoms with Crippen molar-refractivity contribution in [1.82, 2.24) is 0 Å². The average Bonchev–Trinajstić information content (AvgIpc) is 2.09. The van der Waals surface area contributed by atoms with E-state index in [-0.39, 0.29) is 0 Å². The van der Waals surface area contributed by atoms with Gasteiger partial charge >= 0.3 is 0 Å². The van der Waals surface area contributed by atoms with Crippen LogP contribution in [0.5, 0.6) is 5.75 Å². The van der Waals surface area contributed by atoms with Crippen LogP contribution in [-0.2, 0) is 6.42 Å². The summed E-state index contributed by atoms with van der Waals surface area (Å²) >= 11 is 0. The molecule has 0 aliphatic rings. The van der Waals surface area contributed by atoms with Crippen LogP contribution in [0.2, 0.25) is 0 Å². The molecule has 0 saturated carbocycles. The fourth-order valence-corrected chi connectivity index (χ4v) is 1.64. The summed E-state index contributed by atoms with van der Waals surface area (Å²) in [5.41, 5.74) is 10.1. The Morgan fingerprint density at radius 2 is 1.85 bits per heavy atom. The van der Waals surface area contributed by atoms with E-state index in [9.17, 15) is 5.11 Å². The summed E-state index contributed by atoms with van der Waals surface area (Å²) in [5, 5.41) is 9.54. The van der Waals surface area contributed by atoms with Crippen LogP contribution in [0.3, 0.4) is 0 Å². The van der Waals surface area contributed by atoms with Crippen molar-refractivity contribution < 1.29 is 5.11 Å². The second-order valence-electron chi connectivity index (χ2n) is 3.48. The molecule has 0 aliphatic carbocycles. The zero-order valence-corrected chi connectivity index (χ0v) is 8.52. The number of rotatable bonds is 2. The molecule has 0 aromatic heterocycles. The smallest absolute Gasteiger partial charge is 0.119 e. The molecule has 13 heavy (non-hydrogen) atoms. The predicted octanol–water partition coefficient (Wildman–Crippen LogP) is 1.82. The van der Waals surface area contributed by atoms with Crippen LogP contribution in [0.4, 0.5) is 0 Å². The molecule has 1 aromatic rings. The fourth-order valence-electron chi connectivity index (χ4n) is 1.64. The van der Waals surface area contributed by atoms with E-state index in [0.717, 1.165) is 17.5 Å². The molecule has 0 radical (unpaired) electrons. The Bertz CT molecular complexity index is 318. The van der Waals surface area contributed by atoms with Gasteiger partial charge in [-0.3, -0.25) is 0 Å². The Morgan fingerprint density at radius 1 is 1.23 bits per heavy atom. The third-order valence-electron chi connectivity index (χ3n) is 2.62. The summed E-state index contributed by atoms with van der Waals surface area (Å²) in [5.74, 6) is 0.385. The Labute approximate surface area is 79.4 Å². The van der Waals surface area contributed by atoms with Crippen LogP contribution < -0.4 is 5.73 Å². The number of phenolic OH excluding ortho intramolecular Hbond substituents is 1. The molecular formula is C11H17NO. The first-order valence-corrected chi connectivity index (χ1v) is 4.56. The molecule has 2 heteroatoms. The lowest BCUT2D eigenvalue weighted by atomic mass is 9.95. The normalized spacial score (nSPS) is 10.5. The highest BCUT2D eigenvalue weighted by atomic mass is 16.3. The molecule has 1 rings (SSSR count). The third-order valence-corrected chi connectivity index (χ3v) is 2.62. The van der Waals surface area contributed by atoms with Gasteiger partial charge in [0.15, 0.2) is 0 Å². The molecule has 0 aliphatic heterocycles. The van der Waals surface area contributed by atoms with Crippen molar-refractivity contribution in [1.29, 1.82) is 0 Å². The van der Waals surface area contributed by atoms with Crippen LogP contribution in [-0.4, -0.2) is 11.7 Å². The lowest BCUT2D eigenvalue weighted by Gasteiger charge is -2.12. The van der Waals surface area contributed by atoms with E-state index in [0.29, 0.717) is 12.3 Å². The van der Waals surface area contributed by atoms with E-state index in [1.807, 2.05) is 26.8 Å². The van der Waals surface area contributed by atoms with E-state index < -0.39 is 0 Å². The molecule has 2 nitrogen and oxygen atoms in total. The molecule has 0 bridgehead atoms. The number of benzene rings is 1. The molecule has 0 saturated heterocycles. The van der Waals surface area contributed by atoms with Crippen molar-refractivity contribution in [2.45, 2.75) is 27.2 Å². The van der Waals surface area contributed by atoms with Gasteiger partial charge in [-0.15, -0.1) is 0 Å². The largest absolute Gasteiger partial charge is 0.508 e. The van der Waals surface area contributed by atoms with Gasteiger partial charge in [-0.25, -0.2) is 0 Å². The summed E-state index contributed by atoms with van der Waals surface area (Å²) in [6, 6.07) is 1.81. The molecule has 0 heterocycles. The first kappa shape index (κ1) is 10.1. The molecule has 0 fully saturated rings. The molecule has 72 valence electrons. The van der Waals surface area contributed by atoms with E-state index in [1.165, 1.54) is 11.1 Å². The zero-order valence-electron chi connectivity index (χ0n) is 8.52. The van der Waals surface area contributed by atoms with Gasteiger partial charge in [-0.2, -0.15) is 0 Å². The van der Waals surface area contributed by atoms with E-state index in [1.54, 1.807) is 0 Å². The van der Waals surface area contributed by atoms with Gasteiger partial charge in [0.25, 0.3) is 0 Å². The summed E-state index contributed by atoms with van der Waals surface area (Å²) in [6.45, 7) is 6.64. The van der Waals surface area contributed by atoms with Crippen LogP contribution in [0.25, 0.3) is 0 Å².